The summed E-state index contributed by atoms with van der Waals surface area (Å²) >= 11 is 1.20. The van der Waals surface area contributed by atoms with Crippen LogP contribution >= 0.6 is 11.8 Å². The van der Waals surface area contributed by atoms with Crippen LogP contribution < -0.4 is 9.47 Å². The molecule has 0 saturated carbocycles. The van der Waals surface area contributed by atoms with E-state index in [4.69, 9.17) is 19.3 Å². The van der Waals surface area contributed by atoms with Gasteiger partial charge in [-0.3, -0.25) is 9.69 Å². The molecule has 1 aliphatic heterocycles. The second-order valence-corrected chi connectivity index (χ2v) is 7.73. The van der Waals surface area contributed by atoms with Crippen LogP contribution in [0.15, 0.2) is 52.4 Å². The van der Waals surface area contributed by atoms with Gasteiger partial charge in [0.1, 0.15) is 0 Å². The minimum atomic E-state index is -1.02. The number of aromatic carboxylic acids is 1. The Morgan fingerprint density at radius 1 is 1.15 bits per heavy atom. The molecule has 2 aromatic carbocycles. The summed E-state index contributed by atoms with van der Waals surface area (Å²) in [5.41, 5.74) is 1.39. The van der Waals surface area contributed by atoms with E-state index in [1.807, 2.05) is 0 Å². The van der Waals surface area contributed by atoms with Gasteiger partial charge in [-0.1, -0.05) is 6.07 Å². The van der Waals surface area contributed by atoms with Crippen molar-refractivity contribution in [2.45, 2.75) is 6.92 Å². The Bertz CT molecular complexity index is 1130. The number of rotatable bonds is 8. The molecule has 10 heteroatoms. The summed E-state index contributed by atoms with van der Waals surface area (Å²) in [6, 6.07) is 11.2. The molecule has 33 heavy (non-hydrogen) atoms. The normalized spacial score (nSPS) is 15.7. The summed E-state index contributed by atoms with van der Waals surface area (Å²) < 4.78 is 15.6. The maximum absolute atomic E-state index is 12.7. The fourth-order valence-corrected chi connectivity index (χ4v) is 3.81. The number of methoxy groups -OCH3 is 1. The Morgan fingerprint density at radius 3 is 2.52 bits per heavy atom. The Kier molecular flexibility index (Phi) is 7.73. The number of carbonyl (C=O) groups excluding carboxylic acids is 2. The van der Waals surface area contributed by atoms with E-state index >= 15 is 0 Å². The molecule has 1 N–H and O–H groups in total. The number of carboxylic acid groups (broad SMARTS) is 1. The standard InChI is InChI=1S/C23H22N2O7S/c1-4-31-20(26)13-32-17-10-5-14(11-18(17)30-3)12-19-21(27)25(2)23(33-19)24-16-8-6-15(7-9-16)22(28)29/h5-12H,4,13H2,1-3H3,(H,28,29)/b19-12+,24-23?. The molecule has 172 valence electrons. The molecule has 1 amide bonds. The highest BCUT2D eigenvalue weighted by molar-refractivity contribution is 8.18. The minimum Gasteiger partial charge on any atom is -0.493 e. The third-order valence-corrected chi connectivity index (χ3v) is 5.54. The second kappa shape index (κ2) is 10.7. The number of hydrogen-bond donors (Lipinski definition) is 1. The number of carboxylic acids is 1. The number of likely N-dealkylation sites (N-methyl/N-ethyl adjacent to an activating group) is 1. The van der Waals surface area contributed by atoms with E-state index in [1.165, 1.54) is 35.9 Å². The molecule has 1 saturated heterocycles. The van der Waals surface area contributed by atoms with Gasteiger partial charge in [0.25, 0.3) is 5.91 Å². The van der Waals surface area contributed by atoms with Gasteiger partial charge in [0.15, 0.2) is 23.3 Å². The monoisotopic (exact) mass is 470 g/mol. The zero-order valence-corrected chi connectivity index (χ0v) is 19.0. The lowest BCUT2D eigenvalue weighted by Gasteiger charge is -2.11. The first-order chi connectivity index (χ1) is 15.8. The number of ether oxygens (including phenoxy) is 3. The van der Waals surface area contributed by atoms with Crippen molar-refractivity contribution in [2.24, 2.45) is 4.99 Å². The van der Waals surface area contributed by atoms with Crippen LogP contribution in [0.3, 0.4) is 0 Å². The first kappa shape index (κ1) is 23.9. The quantitative estimate of drug-likeness (QED) is 0.460. The lowest BCUT2D eigenvalue weighted by Crippen LogP contribution is -2.23. The van der Waals surface area contributed by atoms with E-state index in [1.54, 1.807) is 50.4 Å². The Morgan fingerprint density at radius 2 is 1.88 bits per heavy atom. The Hall–Kier alpha value is -3.79. The van der Waals surface area contributed by atoms with Gasteiger partial charge in [-0.2, -0.15) is 0 Å². The van der Waals surface area contributed by atoms with Crippen LogP contribution in [0.5, 0.6) is 11.5 Å². The highest BCUT2D eigenvalue weighted by Gasteiger charge is 2.30. The number of carbonyl (C=O) groups is 3. The molecule has 0 aromatic heterocycles. The zero-order chi connectivity index (χ0) is 24.0. The van der Waals surface area contributed by atoms with Crippen molar-refractivity contribution >= 4 is 46.5 Å². The molecule has 2 aromatic rings. The molecule has 0 aliphatic carbocycles. The highest BCUT2D eigenvalue weighted by atomic mass is 32.2. The number of amides is 1. The molecule has 0 spiro atoms. The van der Waals surface area contributed by atoms with Crippen LogP contribution in [0.4, 0.5) is 5.69 Å². The molecule has 3 rings (SSSR count). The number of thioether (sulfide) groups is 1. The van der Waals surface area contributed by atoms with Crippen molar-refractivity contribution in [1.29, 1.82) is 0 Å². The number of esters is 1. The predicted octanol–water partition coefficient (Wildman–Crippen LogP) is 3.57. The lowest BCUT2D eigenvalue weighted by molar-refractivity contribution is -0.145. The summed E-state index contributed by atoms with van der Waals surface area (Å²) in [6.45, 7) is 1.74. The second-order valence-electron chi connectivity index (χ2n) is 6.73. The summed E-state index contributed by atoms with van der Waals surface area (Å²) in [5, 5.41) is 9.47. The number of nitrogens with zero attached hydrogens (tertiary/aromatic N) is 2. The molecule has 0 unspecified atom stereocenters. The van der Waals surface area contributed by atoms with E-state index in [0.29, 0.717) is 32.8 Å². The van der Waals surface area contributed by atoms with Gasteiger partial charge >= 0.3 is 11.9 Å². The van der Waals surface area contributed by atoms with Crippen LogP contribution in [-0.4, -0.2) is 60.4 Å². The average Bonchev–Trinajstić information content (AvgIpc) is 3.06. The summed E-state index contributed by atoms with van der Waals surface area (Å²) in [4.78, 5) is 41.5. The van der Waals surface area contributed by atoms with Crippen molar-refractivity contribution in [3.63, 3.8) is 0 Å². The third-order valence-electron chi connectivity index (χ3n) is 4.48. The average molecular weight is 471 g/mol. The van der Waals surface area contributed by atoms with Crippen molar-refractivity contribution in [2.75, 3.05) is 27.4 Å². The predicted molar refractivity (Wildman–Crippen MR) is 124 cm³/mol. The van der Waals surface area contributed by atoms with Crippen LogP contribution in [0, 0.1) is 0 Å². The van der Waals surface area contributed by atoms with Crippen molar-refractivity contribution in [3.8, 4) is 11.5 Å². The smallest absolute Gasteiger partial charge is 0.344 e. The molecule has 1 aliphatic rings. The van der Waals surface area contributed by atoms with Gasteiger partial charge in [0, 0.05) is 7.05 Å². The first-order valence-corrected chi connectivity index (χ1v) is 10.7. The minimum absolute atomic E-state index is 0.159. The van der Waals surface area contributed by atoms with Gasteiger partial charge in [0.05, 0.1) is 29.9 Å². The Labute approximate surface area is 194 Å². The summed E-state index contributed by atoms with van der Waals surface area (Å²) in [7, 11) is 3.10. The first-order valence-electron chi connectivity index (χ1n) is 9.88. The Balaban J connectivity index is 1.78. The van der Waals surface area contributed by atoms with Crippen LogP contribution in [-0.2, 0) is 14.3 Å². The zero-order valence-electron chi connectivity index (χ0n) is 18.2. The molecule has 0 bridgehead atoms. The van der Waals surface area contributed by atoms with Gasteiger partial charge in [-0.05, 0) is 66.7 Å². The molecule has 1 fully saturated rings. The highest BCUT2D eigenvalue weighted by Crippen LogP contribution is 2.35. The maximum atomic E-state index is 12.7. The number of amidine groups is 1. The van der Waals surface area contributed by atoms with E-state index in [-0.39, 0.29) is 24.7 Å². The van der Waals surface area contributed by atoms with Crippen molar-refractivity contribution in [1.82, 2.24) is 4.90 Å². The molecule has 0 radical (unpaired) electrons. The topological polar surface area (TPSA) is 115 Å². The van der Waals surface area contributed by atoms with Crippen LogP contribution in [0.1, 0.15) is 22.8 Å². The molecule has 1 heterocycles. The van der Waals surface area contributed by atoms with Crippen molar-refractivity contribution in [3.05, 3.63) is 58.5 Å². The van der Waals surface area contributed by atoms with E-state index in [9.17, 15) is 14.4 Å². The third kappa shape index (κ3) is 5.92. The number of benzene rings is 2. The van der Waals surface area contributed by atoms with Crippen LogP contribution in [0.25, 0.3) is 6.08 Å². The number of hydrogen-bond acceptors (Lipinski definition) is 8. The van der Waals surface area contributed by atoms with E-state index in [0.717, 1.165) is 0 Å². The fraction of sp³-hybridized carbons (Fsp3) is 0.217. The van der Waals surface area contributed by atoms with E-state index in [2.05, 4.69) is 4.99 Å². The summed E-state index contributed by atoms with van der Waals surface area (Å²) in [6.07, 6.45) is 1.71. The fourth-order valence-electron chi connectivity index (χ4n) is 2.82. The van der Waals surface area contributed by atoms with E-state index < -0.39 is 11.9 Å². The molecule has 0 atom stereocenters. The SMILES string of the molecule is CCOC(=O)COc1ccc(/C=C2/SC(=Nc3ccc(C(=O)O)cc3)N(C)C2=O)cc1OC. The molecule has 9 nitrogen and oxygen atoms in total. The van der Waals surface area contributed by atoms with Gasteiger partial charge in [0.2, 0.25) is 0 Å². The van der Waals surface area contributed by atoms with Gasteiger partial charge in [-0.25, -0.2) is 14.6 Å². The number of aliphatic imine (C=N–C) groups is 1. The van der Waals surface area contributed by atoms with Gasteiger partial charge < -0.3 is 19.3 Å². The largest absolute Gasteiger partial charge is 0.493 e. The van der Waals surface area contributed by atoms with Gasteiger partial charge in [-0.15, -0.1) is 0 Å². The van der Waals surface area contributed by atoms with Crippen molar-refractivity contribution < 1.29 is 33.7 Å². The molecular weight excluding hydrogens is 448 g/mol. The molecular formula is C23H22N2O7S. The van der Waals surface area contributed by atoms with Crippen LogP contribution in [0.2, 0.25) is 0 Å². The summed E-state index contributed by atoms with van der Waals surface area (Å²) in [5.74, 6) is -0.935. The lowest BCUT2D eigenvalue weighted by atomic mass is 10.2. The maximum Gasteiger partial charge on any atom is 0.344 e.